The molecule has 1 aromatic carbocycles. The van der Waals surface area contributed by atoms with Crippen LogP contribution in [0.5, 0.6) is 0 Å². The summed E-state index contributed by atoms with van der Waals surface area (Å²) in [6.07, 6.45) is 12.5. The largest absolute Gasteiger partial charge is 0.359 e. The lowest BCUT2D eigenvalue weighted by Crippen LogP contribution is -2.48. The number of aryl methyl sites for hydroxylation is 2. The fraction of sp³-hybridized carbons (Fsp3) is 0.370. The molecule has 1 fully saturated rings. The molecule has 1 N–H and O–H groups in total. The Balaban J connectivity index is 1.31. The van der Waals surface area contributed by atoms with Gasteiger partial charge in [0, 0.05) is 49.3 Å². The first-order valence-corrected chi connectivity index (χ1v) is 11.9. The second kappa shape index (κ2) is 9.22. The van der Waals surface area contributed by atoms with Gasteiger partial charge in [0.05, 0.1) is 11.4 Å². The predicted molar refractivity (Wildman–Crippen MR) is 134 cm³/mol. The molecule has 2 aliphatic heterocycles. The third-order valence-corrected chi connectivity index (χ3v) is 6.95. The van der Waals surface area contributed by atoms with Crippen LogP contribution in [0.15, 0.2) is 72.4 Å². The number of anilines is 1. The number of allylic oxidation sites excluding steroid dienone is 1. The third kappa shape index (κ3) is 4.56. The monoisotopic (exact) mass is 440 g/mol. The Morgan fingerprint density at radius 3 is 2.79 bits per heavy atom. The van der Waals surface area contributed by atoms with E-state index >= 15 is 0 Å². The van der Waals surface area contributed by atoms with Crippen molar-refractivity contribution in [3.05, 3.63) is 84.2 Å². The normalized spacial score (nSPS) is 20.6. The van der Waals surface area contributed by atoms with Crippen molar-refractivity contribution >= 4 is 17.3 Å². The van der Waals surface area contributed by atoms with E-state index in [1.54, 1.807) is 12.5 Å². The summed E-state index contributed by atoms with van der Waals surface area (Å²) in [4.78, 5) is 17.8. The number of piperidine rings is 1. The summed E-state index contributed by atoms with van der Waals surface area (Å²) in [5.41, 5.74) is 7.78. The van der Waals surface area contributed by atoms with Crippen LogP contribution in [0.25, 0.3) is 5.70 Å². The number of rotatable bonds is 4. The molecule has 1 aromatic heterocycles. The molecule has 0 spiro atoms. The predicted octanol–water partition coefficient (Wildman–Crippen LogP) is 4.85. The number of aromatic nitrogens is 2. The van der Waals surface area contributed by atoms with Gasteiger partial charge in [-0.15, -0.1) is 0 Å². The van der Waals surface area contributed by atoms with Gasteiger partial charge in [-0.3, -0.25) is 0 Å². The highest BCUT2D eigenvalue weighted by atomic mass is 15.4. The minimum atomic E-state index is 0.354. The van der Waals surface area contributed by atoms with Crippen LogP contribution >= 0.6 is 0 Å². The molecule has 3 heterocycles. The average Bonchev–Trinajstić information content (AvgIpc) is 2.86. The zero-order chi connectivity index (χ0) is 22.8. The number of likely N-dealkylation sites (tertiary alicyclic amines) is 1. The molecule has 170 valence electrons. The summed E-state index contributed by atoms with van der Waals surface area (Å²) < 4.78 is 0. The molecule has 1 aliphatic carbocycles. The Morgan fingerprint density at radius 1 is 1.12 bits per heavy atom. The van der Waals surface area contributed by atoms with Gasteiger partial charge in [0.1, 0.15) is 6.33 Å². The lowest BCUT2D eigenvalue weighted by atomic mass is 9.91. The number of nitrogens with one attached hydrogen (secondary N) is 1. The highest BCUT2D eigenvalue weighted by molar-refractivity contribution is 5.90. The van der Waals surface area contributed by atoms with Crippen LogP contribution < -0.4 is 5.32 Å². The zero-order valence-corrected chi connectivity index (χ0v) is 19.4. The molecule has 2 aromatic rings. The Hall–Kier alpha value is -3.41. The zero-order valence-electron chi connectivity index (χ0n) is 19.4. The molecular weight excluding hydrogens is 408 g/mol. The van der Waals surface area contributed by atoms with Gasteiger partial charge in [0.25, 0.3) is 0 Å². The average molecular weight is 441 g/mol. The standard InChI is InChI=1S/C27H32N6/c1-19-15-26(25-12-13-28-18-29-25)31-27(32(19)3)33-14-6-9-23(17-33)20(2)30-24-11-10-21-7-4-5-8-22(21)16-24/h10-13,15-16,18,23,30H,1-2,4-9,14,17H2,3H3. The van der Waals surface area contributed by atoms with Crippen molar-refractivity contribution in [2.24, 2.45) is 10.9 Å². The minimum absolute atomic E-state index is 0.354. The third-order valence-electron chi connectivity index (χ3n) is 6.95. The number of fused-ring (bicyclic) bond motifs is 1. The van der Waals surface area contributed by atoms with Gasteiger partial charge >= 0.3 is 0 Å². The fourth-order valence-electron chi connectivity index (χ4n) is 5.00. The summed E-state index contributed by atoms with van der Waals surface area (Å²) in [5.74, 6) is 1.27. The van der Waals surface area contributed by atoms with E-state index in [9.17, 15) is 0 Å². The molecule has 0 radical (unpaired) electrons. The molecule has 1 unspecified atom stereocenters. The molecular formula is C27H32N6. The van der Waals surface area contributed by atoms with Crippen molar-refractivity contribution < 1.29 is 0 Å². The van der Waals surface area contributed by atoms with Crippen LogP contribution in [0.1, 0.15) is 42.5 Å². The van der Waals surface area contributed by atoms with Crippen molar-refractivity contribution in [3.8, 4) is 0 Å². The lowest BCUT2D eigenvalue weighted by molar-refractivity contribution is 0.264. The van der Waals surface area contributed by atoms with Crippen LogP contribution in [0, 0.1) is 5.92 Å². The van der Waals surface area contributed by atoms with E-state index in [4.69, 9.17) is 4.99 Å². The molecule has 0 saturated carbocycles. The number of aliphatic imine (C=N–C) groups is 1. The molecule has 1 saturated heterocycles. The van der Waals surface area contributed by atoms with Crippen LogP contribution in [0.2, 0.25) is 0 Å². The molecule has 0 bridgehead atoms. The Kier molecular flexibility index (Phi) is 5.99. The van der Waals surface area contributed by atoms with Gasteiger partial charge in [0.2, 0.25) is 5.96 Å². The highest BCUT2D eigenvalue weighted by Crippen LogP contribution is 2.30. The second-order valence-electron chi connectivity index (χ2n) is 9.21. The summed E-state index contributed by atoms with van der Waals surface area (Å²) in [6, 6.07) is 8.70. The highest BCUT2D eigenvalue weighted by Gasteiger charge is 2.29. The lowest BCUT2D eigenvalue weighted by Gasteiger charge is -2.40. The maximum atomic E-state index is 4.96. The van der Waals surface area contributed by atoms with E-state index < -0.39 is 0 Å². The van der Waals surface area contributed by atoms with E-state index in [2.05, 4.69) is 56.4 Å². The number of guanidine groups is 1. The molecule has 5 rings (SSSR count). The van der Waals surface area contributed by atoms with Gasteiger partial charge in [-0.1, -0.05) is 19.2 Å². The molecule has 0 amide bonds. The maximum absolute atomic E-state index is 4.96. The van der Waals surface area contributed by atoms with Gasteiger partial charge in [-0.2, -0.15) is 0 Å². The molecule has 6 nitrogen and oxygen atoms in total. The van der Waals surface area contributed by atoms with Crippen LogP contribution in [0.3, 0.4) is 0 Å². The maximum Gasteiger partial charge on any atom is 0.206 e. The topological polar surface area (TPSA) is 56.6 Å². The summed E-state index contributed by atoms with van der Waals surface area (Å²) in [5, 5.41) is 3.62. The van der Waals surface area contributed by atoms with Gasteiger partial charge < -0.3 is 15.1 Å². The fourth-order valence-corrected chi connectivity index (χ4v) is 5.00. The molecule has 3 aliphatic rings. The number of nitrogens with zero attached hydrogens (tertiary/aromatic N) is 5. The van der Waals surface area contributed by atoms with Crippen LogP contribution in [0.4, 0.5) is 5.69 Å². The first kappa shape index (κ1) is 21.4. The van der Waals surface area contributed by atoms with Gasteiger partial charge in [0.15, 0.2) is 0 Å². The van der Waals surface area contributed by atoms with Crippen molar-refractivity contribution in [2.75, 3.05) is 25.5 Å². The Morgan fingerprint density at radius 2 is 1.97 bits per heavy atom. The number of hydrogen-bond acceptors (Lipinski definition) is 6. The van der Waals surface area contributed by atoms with Crippen molar-refractivity contribution in [2.45, 2.75) is 38.5 Å². The van der Waals surface area contributed by atoms with E-state index in [0.29, 0.717) is 5.92 Å². The van der Waals surface area contributed by atoms with Crippen molar-refractivity contribution in [1.29, 1.82) is 0 Å². The first-order chi connectivity index (χ1) is 16.1. The second-order valence-corrected chi connectivity index (χ2v) is 9.21. The van der Waals surface area contributed by atoms with Crippen LogP contribution in [-0.4, -0.2) is 45.9 Å². The van der Waals surface area contributed by atoms with E-state index in [1.807, 2.05) is 19.2 Å². The first-order valence-electron chi connectivity index (χ1n) is 11.9. The Bertz CT molecular complexity index is 1120. The molecule has 6 heteroatoms. The SMILES string of the molecule is C=C(Nc1ccc2c(c1)CCCC2)C1CCCN(C2=NC(c3ccncn3)=CC(=C)N2C)C1. The van der Waals surface area contributed by atoms with Crippen molar-refractivity contribution in [1.82, 2.24) is 19.8 Å². The van der Waals surface area contributed by atoms with Crippen molar-refractivity contribution in [3.63, 3.8) is 0 Å². The van der Waals surface area contributed by atoms with Crippen LogP contribution in [-0.2, 0) is 12.8 Å². The minimum Gasteiger partial charge on any atom is -0.359 e. The summed E-state index contributed by atoms with van der Waals surface area (Å²) in [7, 11) is 2.03. The van der Waals surface area contributed by atoms with Gasteiger partial charge in [-0.05, 0) is 73.9 Å². The van der Waals surface area contributed by atoms with Gasteiger partial charge in [-0.25, -0.2) is 15.0 Å². The molecule has 1 atom stereocenters. The summed E-state index contributed by atoms with van der Waals surface area (Å²) in [6.45, 7) is 10.5. The number of likely N-dealkylation sites (N-methyl/N-ethyl adjacent to an activating group) is 1. The molecule has 33 heavy (non-hydrogen) atoms. The quantitative estimate of drug-likeness (QED) is 0.737. The van der Waals surface area contributed by atoms with E-state index in [0.717, 1.165) is 60.4 Å². The number of benzene rings is 1. The Labute approximate surface area is 196 Å². The van der Waals surface area contributed by atoms with E-state index in [-0.39, 0.29) is 0 Å². The summed E-state index contributed by atoms with van der Waals surface area (Å²) >= 11 is 0. The smallest absolute Gasteiger partial charge is 0.206 e. The number of hydrogen-bond donors (Lipinski definition) is 1. The van der Waals surface area contributed by atoms with E-state index in [1.165, 1.54) is 36.8 Å².